The van der Waals surface area contributed by atoms with Gasteiger partial charge < -0.3 is 11.1 Å². The van der Waals surface area contributed by atoms with Gasteiger partial charge >= 0.3 is 0 Å². The van der Waals surface area contributed by atoms with E-state index in [1.54, 1.807) is 0 Å². The topological polar surface area (TPSA) is 55.1 Å². The van der Waals surface area contributed by atoms with Gasteiger partial charge in [0.25, 0.3) is 0 Å². The lowest BCUT2D eigenvalue weighted by molar-refractivity contribution is -0.126. The highest BCUT2D eigenvalue weighted by Crippen LogP contribution is 2.24. The van der Waals surface area contributed by atoms with Crippen LogP contribution in [0.5, 0.6) is 0 Å². The van der Waals surface area contributed by atoms with Crippen molar-refractivity contribution < 1.29 is 4.79 Å². The quantitative estimate of drug-likeness (QED) is 0.733. The predicted molar refractivity (Wildman–Crippen MR) is 69.1 cm³/mol. The van der Waals surface area contributed by atoms with E-state index in [0.717, 1.165) is 19.3 Å². The molecule has 0 aliphatic rings. The average Bonchev–Trinajstić information content (AvgIpc) is 2.12. The van der Waals surface area contributed by atoms with Crippen LogP contribution in [0.2, 0.25) is 0 Å². The maximum Gasteiger partial charge on any atom is 0.224 e. The Morgan fingerprint density at radius 1 is 1.38 bits per heavy atom. The van der Waals surface area contributed by atoms with Crippen LogP contribution in [0.3, 0.4) is 0 Å². The first-order valence-corrected chi connectivity index (χ1v) is 6.30. The van der Waals surface area contributed by atoms with E-state index < -0.39 is 0 Å². The van der Waals surface area contributed by atoms with Crippen molar-refractivity contribution in [1.82, 2.24) is 5.32 Å². The van der Waals surface area contributed by atoms with Gasteiger partial charge in [-0.15, -0.1) is 0 Å². The molecule has 1 amide bonds. The summed E-state index contributed by atoms with van der Waals surface area (Å²) >= 11 is 0. The molecule has 0 saturated carbocycles. The Morgan fingerprint density at radius 3 is 2.31 bits per heavy atom. The predicted octanol–water partition coefficient (Wildman–Crippen LogP) is 2.30. The molecule has 0 heterocycles. The van der Waals surface area contributed by atoms with E-state index in [1.165, 1.54) is 0 Å². The number of carbonyl (C=O) groups excluding carboxylic acids is 1. The highest BCUT2D eigenvalue weighted by Gasteiger charge is 2.24. The number of rotatable bonds is 6. The molecule has 0 aromatic carbocycles. The van der Waals surface area contributed by atoms with Gasteiger partial charge in [0, 0.05) is 12.6 Å². The smallest absolute Gasteiger partial charge is 0.224 e. The molecule has 16 heavy (non-hydrogen) atoms. The molecule has 0 radical (unpaired) electrons. The van der Waals surface area contributed by atoms with Crippen LogP contribution in [-0.2, 0) is 4.79 Å². The first kappa shape index (κ1) is 15.4. The first-order valence-electron chi connectivity index (χ1n) is 6.30. The molecular weight excluding hydrogens is 200 g/mol. The molecule has 96 valence electrons. The SMILES string of the molecule is CCCC(C)NC(=O)C(CN)CC(C)(C)C. The van der Waals surface area contributed by atoms with Gasteiger partial charge in [0.2, 0.25) is 5.91 Å². The minimum atomic E-state index is -0.0562. The molecule has 2 unspecified atom stereocenters. The highest BCUT2D eigenvalue weighted by atomic mass is 16.1. The molecular formula is C13H28N2O. The Morgan fingerprint density at radius 2 is 1.94 bits per heavy atom. The van der Waals surface area contributed by atoms with Crippen LogP contribution < -0.4 is 11.1 Å². The van der Waals surface area contributed by atoms with E-state index in [4.69, 9.17) is 5.73 Å². The molecule has 0 aliphatic carbocycles. The molecule has 0 fully saturated rings. The van der Waals surface area contributed by atoms with Gasteiger partial charge in [-0.25, -0.2) is 0 Å². The molecule has 0 aromatic rings. The molecule has 3 heteroatoms. The van der Waals surface area contributed by atoms with Gasteiger partial charge in [-0.3, -0.25) is 4.79 Å². The molecule has 0 bridgehead atoms. The summed E-state index contributed by atoms with van der Waals surface area (Å²) in [5, 5.41) is 3.04. The number of nitrogens with one attached hydrogen (secondary N) is 1. The van der Waals surface area contributed by atoms with Crippen molar-refractivity contribution >= 4 is 5.91 Å². The summed E-state index contributed by atoms with van der Waals surface area (Å²) < 4.78 is 0. The maximum atomic E-state index is 11.9. The lowest BCUT2D eigenvalue weighted by Gasteiger charge is -2.25. The standard InChI is InChI=1S/C13H28N2O/c1-6-7-10(2)15-12(16)11(9-14)8-13(3,4)5/h10-11H,6-9,14H2,1-5H3,(H,15,16). The summed E-state index contributed by atoms with van der Waals surface area (Å²) in [7, 11) is 0. The Labute approximate surface area is 100 Å². The number of hydrogen-bond acceptors (Lipinski definition) is 2. The third-order valence-corrected chi connectivity index (χ3v) is 2.62. The van der Waals surface area contributed by atoms with Crippen molar-refractivity contribution in [3.8, 4) is 0 Å². The minimum absolute atomic E-state index is 0.0562. The van der Waals surface area contributed by atoms with Crippen molar-refractivity contribution in [1.29, 1.82) is 0 Å². The van der Waals surface area contributed by atoms with Crippen LogP contribution in [0.15, 0.2) is 0 Å². The highest BCUT2D eigenvalue weighted by molar-refractivity contribution is 5.79. The Balaban J connectivity index is 4.21. The summed E-state index contributed by atoms with van der Waals surface area (Å²) in [5.74, 6) is 0.0534. The van der Waals surface area contributed by atoms with Gasteiger partial charge in [0.05, 0.1) is 5.92 Å². The molecule has 0 saturated heterocycles. The van der Waals surface area contributed by atoms with Crippen molar-refractivity contribution in [2.75, 3.05) is 6.54 Å². The van der Waals surface area contributed by atoms with Gasteiger partial charge in [-0.2, -0.15) is 0 Å². The van der Waals surface area contributed by atoms with E-state index in [0.29, 0.717) is 6.54 Å². The third kappa shape index (κ3) is 6.83. The Bertz CT molecular complexity index is 208. The Kier molecular flexibility index (Phi) is 6.65. The zero-order valence-corrected chi connectivity index (χ0v) is 11.5. The molecule has 2 atom stereocenters. The Hall–Kier alpha value is -0.570. The molecule has 0 aliphatic heterocycles. The largest absolute Gasteiger partial charge is 0.353 e. The summed E-state index contributed by atoms with van der Waals surface area (Å²) in [6.45, 7) is 11.0. The zero-order chi connectivity index (χ0) is 12.8. The van der Waals surface area contributed by atoms with Crippen LogP contribution in [0, 0.1) is 11.3 Å². The number of carbonyl (C=O) groups is 1. The van der Waals surface area contributed by atoms with Crippen LogP contribution >= 0.6 is 0 Å². The summed E-state index contributed by atoms with van der Waals surface area (Å²) in [4.78, 5) is 11.9. The van der Waals surface area contributed by atoms with Crippen LogP contribution in [-0.4, -0.2) is 18.5 Å². The van der Waals surface area contributed by atoms with Gasteiger partial charge in [-0.05, 0) is 25.2 Å². The van der Waals surface area contributed by atoms with E-state index in [-0.39, 0.29) is 23.3 Å². The average molecular weight is 228 g/mol. The fourth-order valence-corrected chi connectivity index (χ4v) is 1.89. The maximum absolute atomic E-state index is 11.9. The van der Waals surface area contributed by atoms with Gasteiger partial charge in [-0.1, -0.05) is 34.1 Å². The van der Waals surface area contributed by atoms with E-state index in [2.05, 4.69) is 33.0 Å². The number of amides is 1. The minimum Gasteiger partial charge on any atom is -0.353 e. The molecule has 0 aromatic heterocycles. The molecule has 3 nitrogen and oxygen atoms in total. The molecule has 0 rings (SSSR count). The summed E-state index contributed by atoms with van der Waals surface area (Å²) in [6, 6.07) is 0.256. The monoisotopic (exact) mass is 228 g/mol. The normalized spacial score (nSPS) is 15.6. The second kappa shape index (κ2) is 6.89. The van der Waals surface area contributed by atoms with Gasteiger partial charge in [0.1, 0.15) is 0 Å². The number of hydrogen-bond donors (Lipinski definition) is 2. The van der Waals surface area contributed by atoms with Crippen molar-refractivity contribution in [2.24, 2.45) is 17.1 Å². The summed E-state index contributed by atoms with van der Waals surface area (Å²) in [5.41, 5.74) is 5.82. The second-order valence-electron chi connectivity index (χ2n) is 5.90. The fraction of sp³-hybridized carbons (Fsp3) is 0.923. The second-order valence-corrected chi connectivity index (χ2v) is 5.90. The zero-order valence-electron chi connectivity index (χ0n) is 11.5. The van der Waals surface area contributed by atoms with E-state index in [9.17, 15) is 4.79 Å². The summed E-state index contributed by atoms with van der Waals surface area (Å²) in [6.07, 6.45) is 2.96. The van der Waals surface area contributed by atoms with Crippen LogP contribution in [0.4, 0.5) is 0 Å². The van der Waals surface area contributed by atoms with Crippen LogP contribution in [0.1, 0.15) is 53.9 Å². The van der Waals surface area contributed by atoms with E-state index >= 15 is 0 Å². The first-order chi connectivity index (χ1) is 7.30. The lowest BCUT2D eigenvalue weighted by atomic mass is 9.84. The molecule has 3 N–H and O–H groups in total. The third-order valence-electron chi connectivity index (χ3n) is 2.62. The number of nitrogens with two attached hydrogens (primary N) is 1. The van der Waals surface area contributed by atoms with Crippen molar-refractivity contribution in [3.63, 3.8) is 0 Å². The van der Waals surface area contributed by atoms with Crippen LogP contribution in [0.25, 0.3) is 0 Å². The van der Waals surface area contributed by atoms with Crippen molar-refractivity contribution in [2.45, 2.75) is 59.9 Å². The van der Waals surface area contributed by atoms with Gasteiger partial charge in [0.15, 0.2) is 0 Å². The molecule has 0 spiro atoms. The van der Waals surface area contributed by atoms with Crippen molar-refractivity contribution in [3.05, 3.63) is 0 Å². The lowest BCUT2D eigenvalue weighted by Crippen LogP contribution is -2.41. The van der Waals surface area contributed by atoms with E-state index in [1.807, 2.05) is 6.92 Å². The fourth-order valence-electron chi connectivity index (χ4n) is 1.89.